The molecule has 0 bridgehead atoms. The standard InChI is InChI=1S/C15H15N5/c1-9-6-11-12(7-16)19-15-14(13(11)18-9)17-8-20(15)10-4-2-3-5-10/h6,8,10,18H,2-5H2,1H3. The van der Waals surface area contributed by atoms with E-state index < -0.39 is 0 Å². The van der Waals surface area contributed by atoms with Crippen LogP contribution in [0.4, 0.5) is 0 Å². The van der Waals surface area contributed by atoms with Crippen LogP contribution in [0.15, 0.2) is 12.4 Å². The fourth-order valence-electron chi connectivity index (χ4n) is 3.31. The van der Waals surface area contributed by atoms with E-state index in [9.17, 15) is 5.26 Å². The highest BCUT2D eigenvalue weighted by molar-refractivity contribution is 6.02. The Bertz CT molecular complexity index is 843. The van der Waals surface area contributed by atoms with E-state index in [1.54, 1.807) is 0 Å². The van der Waals surface area contributed by atoms with Crippen molar-refractivity contribution in [3.05, 3.63) is 23.8 Å². The Hall–Kier alpha value is -2.35. The molecule has 5 heteroatoms. The minimum Gasteiger partial charge on any atom is -0.357 e. The molecule has 1 aliphatic carbocycles. The van der Waals surface area contributed by atoms with Crippen molar-refractivity contribution in [3.63, 3.8) is 0 Å². The van der Waals surface area contributed by atoms with Crippen LogP contribution in [0.1, 0.15) is 43.1 Å². The van der Waals surface area contributed by atoms with E-state index in [2.05, 4.69) is 25.6 Å². The predicted molar refractivity (Wildman–Crippen MR) is 76.3 cm³/mol. The largest absolute Gasteiger partial charge is 0.357 e. The molecule has 0 unspecified atom stereocenters. The summed E-state index contributed by atoms with van der Waals surface area (Å²) in [5.41, 5.74) is 4.15. The van der Waals surface area contributed by atoms with Crippen LogP contribution in [-0.4, -0.2) is 19.5 Å². The molecule has 1 fully saturated rings. The van der Waals surface area contributed by atoms with Crippen LogP contribution >= 0.6 is 0 Å². The third-order valence-electron chi connectivity index (χ3n) is 4.25. The molecular weight excluding hydrogens is 250 g/mol. The number of nitrogens with zero attached hydrogens (tertiary/aromatic N) is 4. The van der Waals surface area contributed by atoms with Crippen LogP contribution < -0.4 is 0 Å². The van der Waals surface area contributed by atoms with Gasteiger partial charge in [-0.3, -0.25) is 0 Å². The minimum atomic E-state index is 0.479. The van der Waals surface area contributed by atoms with Crippen molar-refractivity contribution in [1.29, 1.82) is 5.26 Å². The molecule has 20 heavy (non-hydrogen) atoms. The van der Waals surface area contributed by atoms with Gasteiger partial charge in [-0.25, -0.2) is 9.97 Å². The maximum Gasteiger partial charge on any atom is 0.163 e. The van der Waals surface area contributed by atoms with Crippen molar-refractivity contribution in [2.75, 3.05) is 0 Å². The van der Waals surface area contributed by atoms with E-state index in [0.29, 0.717) is 11.7 Å². The Morgan fingerprint density at radius 2 is 2.20 bits per heavy atom. The molecule has 100 valence electrons. The Kier molecular flexibility index (Phi) is 2.34. The summed E-state index contributed by atoms with van der Waals surface area (Å²) >= 11 is 0. The van der Waals surface area contributed by atoms with Crippen LogP contribution in [0.25, 0.3) is 22.1 Å². The summed E-state index contributed by atoms with van der Waals surface area (Å²) in [6, 6.07) is 4.66. The summed E-state index contributed by atoms with van der Waals surface area (Å²) in [7, 11) is 0. The van der Waals surface area contributed by atoms with Crippen LogP contribution in [0.5, 0.6) is 0 Å². The lowest BCUT2D eigenvalue weighted by Gasteiger charge is -2.11. The molecule has 3 aromatic heterocycles. The zero-order chi connectivity index (χ0) is 13.7. The number of pyridine rings is 1. The van der Waals surface area contributed by atoms with Gasteiger partial charge in [0, 0.05) is 17.1 Å². The molecule has 3 heterocycles. The highest BCUT2D eigenvalue weighted by atomic mass is 15.1. The average Bonchev–Trinajstić information content (AvgIpc) is 3.14. The van der Waals surface area contributed by atoms with Gasteiger partial charge in [0.05, 0.1) is 11.8 Å². The van der Waals surface area contributed by atoms with Gasteiger partial charge in [0.15, 0.2) is 11.3 Å². The molecule has 1 aliphatic rings. The van der Waals surface area contributed by atoms with Crippen molar-refractivity contribution in [1.82, 2.24) is 19.5 Å². The molecule has 4 rings (SSSR count). The predicted octanol–water partition coefficient (Wildman–Crippen LogP) is 3.21. The number of aryl methyl sites for hydroxylation is 1. The van der Waals surface area contributed by atoms with Crippen LogP contribution in [0, 0.1) is 18.3 Å². The van der Waals surface area contributed by atoms with E-state index in [-0.39, 0.29) is 0 Å². The lowest BCUT2D eigenvalue weighted by Crippen LogP contribution is -2.04. The normalized spacial score (nSPS) is 16.2. The second kappa shape index (κ2) is 4.07. The Balaban J connectivity index is 2.06. The number of nitrogens with one attached hydrogen (secondary N) is 1. The molecule has 0 amide bonds. The number of imidazole rings is 1. The Morgan fingerprint density at radius 1 is 1.40 bits per heavy atom. The first-order valence-electron chi connectivity index (χ1n) is 7.04. The van der Waals surface area contributed by atoms with Crippen LogP contribution in [-0.2, 0) is 0 Å². The number of aromatic amines is 1. The second-order valence-corrected chi connectivity index (χ2v) is 5.58. The monoisotopic (exact) mass is 265 g/mol. The maximum absolute atomic E-state index is 9.34. The van der Waals surface area contributed by atoms with E-state index in [1.165, 1.54) is 25.7 Å². The molecule has 3 aromatic rings. The van der Waals surface area contributed by atoms with Crippen molar-refractivity contribution >= 4 is 22.1 Å². The Labute approximate surface area is 116 Å². The fourth-order valence-corrected chi connectivity index (χ4v) is 3.31. The molecule has 0 aromatic carbocycles. The summed E-state index contributed by atoms with van der Waals surface area (Å²) in [4.78, 5) is 12.4. The number of nitriles is 1. The van der Waals surface area contributed by atoms with E-state index in [4.69, 9.17) is 0 Å². The van der Waals surface area contributed by atoms with Crippen LogP contribution in [0.3, 0.4) is 0 Å². The van der Waals surface area contributed by atoms with Gasteiger partial charge in [-0.05, 0) is 25.8 Å². The SMILES string of the molecule is Cc1cc2c(C#N)nc3c(ncn3C3CCCC3)c2[nH]1. The highest BCUT2D eigenvalue weighted by Crippen LogP contribution is 2.33. The lowest BCUT2D eigenvalue weighted by atomic mass is 10.2. The van der Waals surface area contributed by atoms with Gasteiger partial charge in [0.2, 0.25) is 0 Å². The zero-order valence-electron chi connectivity index (χ0n) is 11.3. The quantitative estimate of drug-likeness (QED) is 0.734. The third kappa shape index (κ3) is 1.48. The second-order valence-electron chi connectivity index (χ2n) is 5.58. The first kappa shape index (κ1) is 11.5. The molecule has 0 atom stereocenters. The van der Waals surface area contributed by atoms with Crippen LogP contribution in [0.2, 0.25) is 0 Å². The zero-order valence-corrected chi connectivity index (χ0v) is 11.3. The van der Waals surface area contributed by atoms with Gasteiger partial charge >= 0.3 is 0 Å². The fraction of sp³-hybridized carbons (Fsp3) is 0.400. The number of hydrogen-bond donors (Lipinski definition) is 1. The van der Waals surface area contributed by atoms with Gasteiger partial charge in [0.25, 0.3) is 0 Å². The molecule has 1 saturated carbocycles. The van der Waals surface area contributed by atoms with Gasteiger partial charge in [-0.15, -0.1) is 0 Å². The van der Waals surface area contributed by atoms with E-state index in [0.717, 1.165) is 27.8 Å². The molecule has 0 aliphatic heterocycles. The molecular formula is C15H15N5. The molecule has 0 radical (unpaired) electrons. The van der Waals surface area contributed by atoms with Crippen molar-refractivity contribution in [2.45, 2.75) is 38.6 Å². The molecule has 5 nitrogen and oxygen atoms in total. The third-order valence-corrected chi connectivity index (χ3v) is 4.25. The van der Waals surface area contributed by atoms with Crippen molar-refractivity contribution in [2.24, 2.45) is 0 Å². The topological polar surface area (TPSA) is 70.3 Å². The molecule has 0 spiro atoms. The summed E-state index contributed by atoms with van der Waals surface area (Å²) in [6.45, 7) is 1.99. The molecule has 1 N–H and O–H groups in total. The van der Waals surface area contributed by atoms with Gasteiger partial charge < -0.3 is 9.55 Å². The lowest BCUT2D eigenvalue weighted by molar-refractivity contribution is 0.529. The summed E-state index contributed by atoms with van der Waals surface area (Å²) in [5.74, 6) is 0. The minimum absolute atomic E-state index is 0.479. The van der Waals surface area contributed by atoms with E-state index >= 15 is 0 Å². The Morgan fingerprint density at radius 3 is 2.95 bits per heavy atom. The summed E-state index contributed by atoms with van der Waals surface area (Å²) < 4.78 is 2.15. The van der Waals surface area contributed by atoms with E-state index in [1.807, 2.05) is 19.3 Å². The van der Waals surface area contributed by atoms with Gasteiger partial charge in [-0.1, -0.05) is 12.8 Å². The smallest absolute Gasteiger partial charge is 0.163 e. The first-order chi connectivity index (χ1) is 9.78. The number of fused-ring (bicyclic) bond motifs is 3. The number of H-pyrrole nitrogens is 1. The number of hydrogen-bond acceptors (Lipinski definition) is 3. The van der Waals surface area contributed by atoms with Gasteiger partial charge in [0.1, 0.15) is 11.6 Å². The summed E-state index contributed by atoms with van der Waals surface area (Å²) in [5, 5.41) is 10.2. The van der Waals surface area contributed by atoms with Crippen molar-refractivity contribution < 1.29 is 0 Å². The highest BCUT2D eigenvalue weighted by Gasteiger charge is 2.21. The average molecular weight is 265 g/mol. The number of rotatable bonds is 1. The molecule has 0 saturated heterocycles. The summed E-state index contributed by atoms with van der Waals surface area (Å²) in [6.07, 6.45) is 6.76. The maximum atomic E-state index is 9.34. The van der Waals surface area contributed by atoms with Crippen molar-refractivity contribution in [3.8, 4) is 6.07 Å². The number of aromatic nitrogens is 4. The van der Waals surface area contributed by atoms with Gasteiger partial charge in [-0.2, -0.15) is 5.26 Å². The first-order valence-corrected chi connectivity index (χ1v) is 7.04.